The number of aromatic nitrogens is 4. The van der Waals surface area contributed by atoms with Crippen molar-refractivity contribution in [3.8, 4) is 0 Å². The molecule has 0 aliphatic carbocycles. The summed E-state index contributed by atoms with van der Waals surface area (Å²) in [4.78, 5) is 0. The van der Waals surface area contributed by atoms with Gasteiger partial charge in [-0.15, -0.1) is 0 Å². The van der Waals surface area contributed by atoms with E-state index in [0.29, 0.717) is 0 Å². The lowest BCUT2D eigenvalue weighted by atomic mass is 10.1. The van der Waals surface area contributed by atoms with E-state index in [-0.39, 0.29) is 6.04 Å². The van der Waals surface area contributed by atoms with Crippen molar-refractivity contribution >= 4 is 10.9 Å². The molecule has 0 saturated carbocycles. The normalized spacial score (nSPS) is 12.9. The van der Waals surface area contributed by atoms with Crippen LogP contribution in [0, 0.1) is 0 Å². The monoisotopic (exact) mass is 284 g/mol. The number of hydrogen-bond donors (Lipinski definition) is 2. The zero-order valence-electron chi connectivity index (χ0n) is 12.3. The number of para-hydroxylation sites is 1. The van der Waals surface area contributed by atoms with Crippen LogP contribution in [-0.4, -0.2) is 19.6 Å². The second kappa shape index (κ2) is 5.67. The van der Waals surface area contributed by atoms with Gasteiger partial charge in [0.1, 0.15) is 0 Å². The molecule has 3 aromatic rings. The molecule has 110 valence electrons. The van der Waals surface area contributed by atoms with Crippen LogP contribution in [0.3, 0.4) is 0 Å². The number of fused-ring (bicyclic) bond motifs is 1. The Morgan fingerprint density at radius 3 is 2.76 bits per heavy atom. The maximum absolute atomic E-state index is 5.74. The third kappa shape index (κ3) is 2.43. The van der Waals surface area contributed by atoms with E-state index in [1.165, 1.54) is 5.39 Å². The Morgan fingerprint density at radius 1 is 1.29 bits per heavy atom. The maximum atomic E-state index is 5.74. The van der Waals surface area contributed by atoms with Crippen molar-refractivity contribution in [2.24, 2.45) is 12.9 Å². The first-order valence-corrected chi connectivity index (χ1v) is 7.13. The highest BCUT2D eigenvalue weighted by molar-refractivity contribution is 5.82. The van der Waals surface area contributed by atoms with Crippen LogP contribution >= 0.6 is 0 Å². The average Bonchev–Trinajstić information content (AvgIpc) is 3.09. The number of aryl methyl sites for hydroxylation is 2. The van der Waals surface area contributed by atoms with E-state index in [1.54, 1.807) is 6.20 Å². The molecule has 6 nitrogen and oxygen atoms in total. The Labute approximate surface area is 123 Å². The smallest absolute Gasteiger partial charge is 0.0723 e. The first kappa shape index (κ1) is 13.8. The van der Waals surface area contributed by atoms with Crippen LogP contribution in [0.25, 0.3) is 10.9 Å². The molecule has 0 radical (unpaired) electrons. The number of rotatable bonds is 5. The van der Waals surface area contributed by atoms with Crippen molar-refractivity contribution in [2.75, 3.05) is 0 Å². The van der Waals surface area contributed by atoms with Gasteiger partial charge in [-0.2, -0.15) is 10.2 Å². The summed E-state index contributed by atoms with van der Waals surface area (Å²) in [6.45, 7) is 2.95. The number of nitrogens with two attached hydrogens (primary N) is 1. The van der Waals surface area contributed by atoms with Gasteiger partial charge in [-0.05, 0) is 19.1 Å². The Morgan fingerprint density at radius 2 is 2.10 bits per heavy atom. The van der Waals surface area contributed by atoms with Gasteiger partial charge in [0, 0.05) is 31.6 Å². The molecule has 2 heterocycles. The van der Waals surface area contributed by atoms with Gasteiger partial charge in [-0.1, -0.05) is 18.2 Å². The van der Waals surface area contributed by atoms with E-state index < -0.39 is 0 Å². The van der Waals surface area contributed by atoms with E-state index in [4.69, 9.17) is 10.9 Å². The maximum Gasteiger partial charge on any atom is 0.0723 e. The van der Waals surface area contributed by atoms with Crippen LogP contribution < -0.4 is 11.3 Å². The summed E-state index contributed by atoms with van der Waals surface area (Å²) >= 11 is 0. The van der Waals surface area contributed by atoms with Crippen LogP contribution in [0.2, 0.25) is 0 Å². The summed E-state index contributed by atoms with van der Waals surface area (Å²) in [6, 6.07) is 10.3. The lowest BCUT2D eigenvalue weighted by Gasteiger charge is -2.15. The van der Waals surface area contributed by atoms with Crippen molar-refractivity contribution in [3.05, 3.63) is 47.9 Å². The molecule has 6 heteroatoms. The number of hydrazine groups is 1. The Balaban J connectivity index is 1.99. The van der Waals surface area contributed by atoms with Gasteiger partial charge in [-0.25, -0.2) is 0 Å². The summed E-state index contributed by atoms with van der Waals surface area (Å²) in [5, 5.41) is 10.1. The molecular weight excluding hydrogens is 264 g/mol. The van der Waals surface area contributed by atoms with Gasteiger partial charge in [0.2, 0.25) is 0 Å². The Hall–Kier alpha value is -2.18. The predicted molar refractivity (Wildman–Crippen MR) is 82.4 cm³/mol. The summed E-state index contributed by atoms with van der Waals surface area (Å²) in [7, 11) is 1.92. The zero-order chi connectivity index (χ0) is 14.8. The van der Waals surface area contributed by atoms with Crippen LogP contribution in [0.4, 0.5) is 0 Å². The topological polar surface area (TPSA) is 73.7 Å². The molecule has 0 bridgehead atoms. The van der Waals surface area contributed by atoms with Gasteiger partial charge >= 0.3 is 0 Å². The SMILES string of the molecule is CCn1nc(CC(NN)c2ccnn2C)c2ccccc21. The van der Waals surface area contributed by atoms with Crippen molar-refractivity contribution in [2.45, 2.75) is 25.9 Å². The van der Waals surface area contributed by atoms with Crippen LogP contribution in [0.5, 0.6) is 0 Å². The second-order valence-electron chi connectivity index (χ2n) is 5.08. The van der Waals surface area contributed by atoms with Gasteiger partial charge in [0.05, 0.1) is 22.9 Å². The molecule has 3 N–H and O–H groups in total. The van der Waals surface area contributed by atoms with Gasteiger partial charge in [0.15, 0.2) is 0 Å². The summed E-state index contributed by atoms with van der Waals surface area (Å²) in [5.41, 5.74) is 6.14. The molecule has 0 spiro atoms. The largest absolute Gasteiger partial charge is 0.271 e. The number of nitrogens with zero attached hydrogens (tertiary/aromatic N) is 4. The summed E-state index contributed by atoms with van der Waals surface area (Å²) < 4.78 is 3.87. The van der Waals surface area contributed by atoms with Crippen LogP contribution in [0.1, 0.15) is 24.4 Å². The molecule has 0 fully saturated rings. The minimum absolute atomic E-state index is 0.0129. The van der Waals surface area contributed by atoms with E-state index >= 15 is 0 Å². The van der Waals surface area contributed by atoms with E-state index in [1.807, 2.05) is 34.6 Å². The quantitative estimate of drug-likeness (QED) is 0.550. The first-order valence-electron chi connectivity index (χ1n) is 7.13. The Kier molecular flexibility index (Phi) is 3.72. The van der Waals surface area contributed by atoms with E-state index in [2.05, 4.69) is 29.6 Å². The predicted octanol–water partition coefficient (Wildman–Crippen LogP) is 1.54. The second-order valence-corrected chi connectivity index (χ2v) is 5.08. The van der Waals surface area contributed by atoms with Gasteiger partial charge < -0.3 is 0 Å². The molecule has 1 unspecified atom stereocenters. The lowest BCUT2D eigenvalue weighted by molar-refractivity contribution is 0.501. The number of nitrogens with one attached hydrogen (secondary N) is 1. The lowest BCUT2D eigenvalue weighted by Crippen LogP contribution is -2.31. The fraction of sp³-hybridized carbons (Fsp3) is 0.333. The standard InChI is InChI=1S/C15H20N6/c1-3-21-14-7-5-4-6-11(14)12(19-21)10-13(18-16)15-8-9-17-20(15)2/h4-9,13,18H,3,10,16H2,1-2H3. The Bertz CT molecular complexity index is 742. The molecule has 0 aliphatic heterocycles. The summed E-state index contributed by atoms with van der Waals surface area (Å²) in [5.74, 6) is 5.74. The molecule has 3 rings (SSSR count). The molecule has 1 atom stereocenters. The fourth-order valence-electron chi connectivity index (χ4n) is 2.76. The fourth-order valence-corrected chi connectivity index (χ4v) is 2.76. The van der Waals surface area contributed by atoms with E-state index in [0.717, 1.165) is 29.9 Å². The van der Waals surface area contributed by atoms with Crippen molar-refractivity contribution in [1.29, 1.82) is 0 Å². The highest BCUT2D eigenvalue weighted by Crippen LogP contribution is 2.23. The van der Waals surface area contributed by atoms with Crippen LogP contribution in [0.15, 0.2) is 36.5 Å². The van der Waals surface area contributed by atoms with Crippen molar-refractivity contribution < 1.29 is 0 Å². The number of benzene rings is 1. The van der Waals surface area contributed by atoms with Gasteiger partial charge in [0.25, 0.3) is 0 Å². The third-order valence-corrected chi connectivity index (χ3v) is 3.85. The third-order valence-electron chi connectivity index (χ3n) is 3.85. The molecule has 0 aliphatic rings. The average molecular weight is 284 g/mol. The van der Waals surface area contributed by atoms with Crippen LogP contribution in [-0.2, 0) is 20.0 Å². The molecule has 0 amide bonds. The molecule has 1 aromatic carbocycles. The summed E-state index contributed by atoms with van der Waals surface area (Å²) in [6.07, 6.45) is 2.51. The molecule has 0 saturated heterocycles. The highest BCUT2D eigenvalue weighted by atomic mass is 15.3. The molecular formula is C15H20N6. The van der Waals surface area contributed by atoms with Crippen molar-refractivity contribution in [1.82, 2.24) is 25.0 Å². The molecule has 2 aromatic heterocycles. The van der Waals surface area contributed by atoms with Gasteiger partial charge in [-0.3, -0.25) is 20.6 Å². The zero-order valence-corrected chi connectivity index (χ0v) is 12.3. The van der Waals surface area contributed by atoms with Crippen molar-refractivity contribution in [3.63, 3.8) is 0 Å². The minimum atomic E-state index is -0.0129. The highest BCUT2D eigenvalue weighted by Gasteiger charge is 2.18. The minimum Gasteiger partial charge on any atom is -0.271 e. The number of hydrogen-bond acceptors (Lipinski definition) is 4. The first-order chi connectivity index (χ1) is 10.2. The van der Waals surface area contributed by atoms with E-state index in [9.17, 15) is 0 Å². The molecule has 21 heavy (non-hydrogen) atoms.